The Morgan fingerprint density at radius 3 is 2.45 bits per heavy atom. The van der Waals surface area contributed by atoms with Gasteiger partial charge in [0.25, 0.3) is 0 Å². The highest BCUT2D eigenvalue weighted by atomic mass is 32.2. The monoisotopic (exact) mass is 173 g/mol. The minimum atomic E-state index is 0.210. The summed E-state index contributed by atoms with van der Waals surface area (Å²) >= 11 is 1.67. The van der Waals surface area contributed by atoms with Crippen LogP contribution in [0.5, 0.6) is 0 Å². The molecule has 0 spiro atoms. The maximum atomic E-state index is 3.31. The highest BCUT2D eigenvalue weighted by Crippen LogP contribution is 2.07. The molecule has 0 aromatic rings. The Hall–Kier alpha value is 0.0500. The van der Waals surface area contributed by atoms with Crippen molar-refractivity contribution in [3.8, 4) is 0 Å². The van der Waals surface area contributed by atoms with Gasteiger partial charge in [-0.1, -0.05) is 31.4 Å². The Bertz CT molecular complexity index is 113. The van der Waals surface area contributed by atoms with Crippen molar-refractivity contribution in [1.82, 2.24) is 4.72 Å². The van der Waals surface area contributed by atoms with E-state index in [2.05, 4.69) is 43.9 Å². The van der Waals surface area contributed by atoms with Gasteiger partial charge in [0.15, 0.2) is 0 Å². The molecule has 1 N–H and O–H groups in total. The van der Waals surface area contributed by atoms with Crippen LogP contribution in [-0.4, -0.2) is 5.54 Å². The van der Waals surface area contributed by atoms with Crippen molar-refractivity contribution in [2.24, 2.45) is 0 Å². The number of rotatable bonds is 4. The van der Waals surface area contributed by atoms with Crippen LogP contribution in [-0.2, 0) is 0 Å². The molecule has 0 aliphatic heterocycles. The normalized spacial score (nSPS) is 12.7. The molecule has 0 saturated heterocycles. The summed E-state index contributed by atoms with van der Waals surface area (Å²) in [5, 5.41) is 2.12. The first-order valence-corrected chi connectivity index (χ1v) is 5.02. The van der Waals surface area contributed by atoms with Crippen molar-refractivity contribution in [2.45, 2.75) is 46.1 Å². The van der Waals surface area contributed by atoms with Gasteiger partial charge in [-0.2, -0.15) is 0 Å². The van der Waals surface area contributed by atoms with Crippen molar-refractivity contribution < 1.29 is 0 Å². The third-order valence-corrected chi connectivity index (χ3v) is 2.04. The molecule has 0 radical (unpaired) electrons. The SMILES string of the molecule is CCC/C=C\SNC(C)(C)C. The summed E-state index contributed by atoms with van der Waals surface area (Å²) in [7, 11) is 0. The first-order valence-electron chi connectivity index (χ1n) is 4.14. The van der Waals surface area contributed by atoms with E-state index in [4.69, 9.17) is 0 Å². The summed E-state index contributed by atoms with van der Waals surface area (Å²) in [6.07, 6.45) is 4.61. The summed E-state index contributed by atoms with van der Waals surface area (Å²) in [5.41, 5.74) is 0.210. The van der Waals surface area contributed by atoms with E-state index in [1.54, 1.807) is 11.9 Å². The zero-order chi connectivity index (χ0) is 8.74. The largest absolute Gasteiger partial charge is 0.255 e. The van der Waals surface area contributed by atoms with Gasteiger partial charge in [0, 0.05) is 5.54 Å². The van der Waals surface area contributed by atoms with Gasteiger partial charge in [-0.3, -0.25) is 4.72 Å². The molecule has 2 heteroatoms. The zero-order valence-electron chi connectivity index (χ0n) is 7.98. The van der Waals surface area contributed by atoms with Gasteiger partial charge in [0.05, 0.1) is 0 Å². The molecule has 0 atom stereocenters. The lowest BCUT2D eigenvalue weighted by Crippen LogP contribution is -2.29. The molecule has 0 aromatic carbocycles. The highest BCUT2D eigenvalue weighted by Gasteiger charge is 2.06. The molecule has 0 unspecified atom stereocenters. The molecule has 1 nitrogen and oxygen atoms in total. The first-order chi connectivity index (χ1) is 5.06. The Morgan fingerprint density at radius 2 is 2.00 bits per heavy atom. The van der Waals surface area contributed by atoms with Crippen LogP contribution in [0, 0.1) is 0 Å². The molecule has 11 heavy (non-hydrogen) atoms. The predicted octanol–water partition coefficient (Wildman–Crippen LogP) is 3.34. The van der Waals surface area contributed by atoms with Crippen molar-refractivity contribution in [2.75, 3.05) is 0 Å². The third-order valence-electron chi connectivity index (χ3n) is 0.985. The van der Waals surface area contributed by atoms with Crippen molar-refractivity contribution in [3.63, 3.8) is 0 Å². The molecule has 0 aliphatic carbocycles. The van der Waals surface area contributed by atoms with Gasteiger partial charge >= 0.3 is 0 Å². The number of hydrogen-bond acceptors (Lipinski definition) is 2. The highest BCUT2D eigenvalue weighted by molar-refractivity contribution is 8.00. The summed E-state index contributed by atoms with van der Waals surface area (Å²) < 4.78 is 3.31. The van der Waals surface area contributed by atoms with Gasteiger partial charge in [0.1, 0.15) is 0 Å². The lowest BCUT2D eigenvalue weighted by Gasteiger charge is -2.17. The third kappa shape index (κ3) is 10.1. The maximum Gasteiger partial charge on any atom is 0.0201 e. The van der Waals surface area contributed by atoms with Crippen molar-refractivity contribution in [1.29, 1.82) is 0 Å². The molecule has 0 saturated carbocycles. The van der Waals surface area contributed by atoms with Crippen LogP contribution in [0.15, 0.2) is 11.5 Å². The van der Waals surface area contributed by atoms with Crippen LogP contribution in [0.3, 0.4) is 0 Å². The molecule has 0 heterocycles. The van der Waals surface area contributed by atoms with E-state index in [0.717, 1.165) is 0 Å². The maximum absolute atomic E-state index is 3.31. The van der Waals surface area contributed by atoms with Crippen LogP contribution >= 0.6 is 11.9 Å². The molecule has 0 amide bonds. The first kappa shape index (κ1) is 11.1. The van der Waals surface area contributed by atoms with E-state index in [1.807, 2.05) is 0 Å². The molecule has 0 aliphatic rings. The Kier molecular flexibility index (Phi) is 5.69. The number of allylic oxidation sites excluding steroid dienone is 1. The lowest BCUT2D eigenvalue weighted by atomic mass is 10.1. The average Bonchev–Trinajstić information content (AvgIpc) is 1.85. The van der Waals surface area contributed by atoms with Gasteiger partial charge in [0.2, 0.25) is 0 Å². The van der Waals surface area contributed by atoms with E-state index in [1.165, 1.54) is 12.8 Å². The quantitative estimate of drug-likeness (QED) is 0.654. The second-order valence-corrected chi connectivity index (χ2v) is 4.34. The van der Waals surface area contributed by atoms with Gasteiger partial charge in [-0.15, -0.1) is 0 Å². The fourth-order valence-corrected chi connectivity index (χ4v) is 1.15. The molecule has 0 aromatic heterocycles. The van der Waals surface area contributed by atoms with Crippen molar-refractivity contribution >= 4 is 11.9 Å². The number of unbranched alkanes of at least 4 members (excludes halogenated alkanes) is 1. The molecule has 0 fully saturated rings. The fraction of sp³-hybridized carbons (Fsp3) is 0.778. The lowest BCUT2D eigenvalue weighted by molar-refractivity contribution is 0.537. The summed E-state index contributed by atoms with van der Waals surface area (Å²) in [4.78, 5) is 0. The van der Waals surface area contributed by atoms with Crippen LogP contribution in [0.1, 0.15) is 40.5 Å². The fourth-order valence-electron chi connectivity index (χ4n) is 0.494. The second-order valence-electron chi connectivity index (χ2n) is 3.63. The Balaban J connectivity index is 3.27. The van der Waals surface area contributed by atoms with E-state index in [9.17, 15) is 0 Å². The van der Waals surface area contributed by atoms with Crippen molar-refractivity contribution in [3.05, 3.63) is 11.5 Å². The summed E-state index contributed by atoms with van der Waals surface area (Å²) in [6.45, 7) is 8.67. The Labute approximate surface area is 74.8 Å². The standard InChI is InChI=1S/C9H19NS/c1-5-6-7-8-11-10-9(2,3)4/h7-8,10H,5-6H2,1-4H3/b8-7-. The van der Waals surface area contributed by atoms with Crippen LogP contribution in [0.2, 0.25) is 0 Å². The molecule has 0 bridgehead atoms. The van der Waals surface area contributed by atoms with Crippen LogP contribution in [0.25, 0.3) is 0 Å². The zero-order valence-corrected chi connectivity index (χ0v) is 8.79. The van der Waals surface area contributed by atoms with E-state index >= 15 is 0 Å². The van der Waals surface area contributed by atoms with Gasteiger partial charge in [-0.25, -0.2) is 0 Å². The van der Waals surface area contributed by atoms with E-state index < -0.39 is 0 Å². The second kappa shape index (κ2) is 5.67. The molecule has 0 rings (SSSR count). The average molecular weight is 173 g/mol. The van der Waals surface area contributed by atoms with Crippen LogP contribution in [0.4, 0.5) is 0 Å². The summed E-state index contributed by atoms with van der Waals surface area (Å²) in [6, 6.07) is 0. The molecular formula is C9H19NS. The number of nitrogens with one attached hydrogen (secondary N) is 1. The van der Waals surface area contributed by atoms with Gasteiger partial charge < -0.3 is 0 Å². The van der Waals surface area contributed by atoms with Crippen LogP contribution < -0.4 is 4.72 Å². The molecular weight excluding hydrogens is 154 g/mol. The summed E-state index contributed by atoms with van der Waals surface area (Å²) in [5.74, 6) is 0. The minimum Gasteiger partial charge on any atom is -0.255 e. The molecule has 66 valence electrons. The number of hydrogen-bond donors (Lipinski definition) is 1. The van der Waals surface area contributed by atoms with E-state index in [0.29, 0.717) is 0 Å². The Morgan fingerprint density at radius 1 is 1.36 bits per heavy atom. The van der Waals surface area contributed by atoms with Gasteiger partial charge in [-0.05, 0) is 32.6 Å². The topological polar surface area (TPSA) is 12.0 Å². The predicted molar refractivity (Wildman–Crippen MR) is 54.5 cm³/mol. The minimum absolute atomic E-state index is 0.210. The van der Waals surface area contributed by atoms with E-state index in [-0.39, 0.29) is 5.54 Å². The smallest absolute Gasteiger partial charge is 0.0201 e.